The van der Waals surface area contributed by atoms with Crippen LogP contribution < -0.4 is 11.1 Å². The van der Waals surface area contributed by atoms with Gasteiger partial charge in [-0.1, -0.05) is 25.5 Å². The van der Waals surface area contributed by atoms with Crippen LogP contribution in [-0.2, 0) is 6.42 Å². The van der Waals surface area contributed by atoms with Crippen LogP contribution in [0.15, 0.2) is 18.2 Å². The van der Waals surface area contributed by atoms with Crippen molar-refractivity contribution in [3.63, 3.8) is 0 Å². The van der Waals surface area contributed by atoms with Crippen molar-refractivity contribution in [2.24, 2.45) is 5.73 Å². The smallest absolute Gasteiger partial charge is 0.316 e. The van der Waals surface area contributed by atoms with Crippen molar-refractivity contribution >= 4 is 11.7 Å². The minimum absolute atomic E-state index is 0.509. The van der Waals surface area contributed by atoms with Gasteiger partial charge < -0.3 is 11.1 Å². The van der Waals surface area contributed by atoms with Gasteiger partial charge in [0.1, 0.15) is 0 Å². The maximum atomic E-state index is 10.8. The number of unbranched alkanes of at least 4 members (excludes halogenated alkanes) is 1. The molecule has 3 heteroatoms. The molecule has 0 aliphatic rings. The summed E-state index contributed by atoms with van der Waals surface area (Å²) in [6.07, 6.45) is 3.39. The number of amides is 2. The molecule has 0 heterocycles. The Balaban J connectivity index is 2.85. The second-order valence-electron chi connectivity index (χ2n) is 3.68. The van der Waals surface area contributed by atoms with E-state index in [-0.39, 0.29) is 0 Å². The molecule has 0 saturated carbocycles. The third-order valence-electron chi connectivity index (χ3n) is 2.50. The number of urea groups is 1. The number of anilines is 1. The Morgan fingerprint density at radius 2 is 2.20 bits per heavy atom. The maximum Gasteiger partial charge on any atom is 0.316 e. The summed E-state index contributed by atoms with van der Waals surface area (Å²) in [4.78, 5) is 10.8. The third-order valence-corrected chi connectivity index (χ3v) is 2.50. The van der Waals surface area contributed by atoms with E-state index in [4.69, 9.17) is 5.73 Å². The van der Waals surface area contributed by atoms with Crippen molar-refractivity contribution in [1.82, 2.24) is 0 Å². The van der Waals surface area contributed by atoms with E-state index < -0.39 is 6.03 Å². The lowest BCUT2D eigenvalue weighted by Crippen LogP contribution is -2.20. The molecule has 0 bridgehead atoms. The van der Waals surface area contributed by atoms with E-state index in [1.165, 1.54) is 18.4 Å². The van der Waals surface area contributed by atoms with Gasteiger partial charge in [0, 0.05) is 5.69 Å². The lowest BCUT2D eigenvalue weighted by Gasteiger charge is -2.10. The number of benzene rings is 1. The summed E-state index contributed by atoms with van der Waals surface area (Å²) in [5, 5.41) is 2.63. The fourth-order valence-electron chi connectivity index (χ4n) is 1.59. The second kappa shape index (κ2) is 5.39. The number of carbonyl (C=O) groups is 1. The summed E-state index contributed by atoms with van der Waals surface area (Å²) in [6, 6.07) is 5.40. The SMILES string of the molecule is CCCCc1cccc(NC(N)=O)c1C. The maximum absolute atomic E-state index is 10.8. The number of carbonyl (C=O) groups excluding carboxylic acids is 1. The van der Waals surface area contributed by atoms with E-state index in [2.05, 4.69) is 18.3 Å². The number of rotatable bonds is 4. The molecular formula is C12H18N2O. The largest absolute Gasteiger partial charge is 0.351 e. The Bertz CT molecular complexity index is 347. The van der Waals surface area contributed by atoms with Gasteiger partial charge in [-0.05, 0) is 37.0 Å². The Morgan fingerprint density at radius 1 is 1.47 bits per heavy atom. The number of nitrogens with one attached hydrogen (secondary N) is 1. The van der Waals surface area contributed by atoms with E-state index in [1.54, 1.807) is 0 Å². The highest BCUT2D eigenvalue weighted by molar-refractivity contribution is 5.88. The fourth-order valence-corrected chi connectivity index (χ4v) is 1.59. The van der Waals surface area contributed by atoms with E-state index in [1.807, 2.05) is 19.1 Å². The van der Waals surface area contributed by atoms with E-state index in [0.717, 1.165) is 17.7 Å². The molecule has 0 aliphatic carbocycles. The van der Waals surface area contributed by atoms with Crippen molar-refractivity contribution in [1.29, 1.82) is 0 Å². The van der Waals surface area contributed by atoms with Gasteiger partial charge in [0.2, 0.25) is 0 Å². The van der Waals surface area contributed by atoms with Gasteiger partial charge in [-0.15, -0.1) is 0 Å². The first kappa shape index (κ1) is 11.6. The molecule has 3 N–H and O–H groups in total. The number of primary amides is 1. The van der Waals surface area contributed by atoms with Crippen LogP contribution in [-0.4, -0.2) is 6.03 Å². The molecule has 2 amide bonds. The molecule has 0 unspecified atom stereocenters. The molecule has 0 aromatic heterocycles. The van der Waals surface area contributed by atoms with Crippen LogP contribution in [0.5, 0.6) is 0 Å². The predicted octanol–water partition coefficient (Wildman–Crippen LogP) is 2.83. The molecule has 0 saturated heterocycles. The predicted molar refractivity (Wildman–Crippen MR) is 63.0 cm³/mol. The molecule has 0 spiro atoms. The third kappa shape index (κ3) is 3.27. The highest BCUT2D eigenvalue weighted by Gasteiger charge is 2.04. The van der Waals surface area contributed by atoms with Crippen molar-refractivity contribution in [3.05, 3.63) is 29.3 Å². The Hall–Kier alpha value is -1.51. The zero-order valence-corrected chi connectivity index (χ0v) is 9.34. The molecule has 1 aromatic rings. The van der Waals surface area contributed by atoms with Crippen LogP contribution in [0.4, 0.5) is 10.5 Å². The van der Waals surface area contributed by atoms with Crippen molar-refractivity contribution < 1.29 is 4.79 Å². The van der Waals surface area contributed by atoms with Crippen LogP contribution in [0.3, 0.4) is 0 Å². The first-order valence-corrected chi connectivity index (χ1v) is 5.30. The lowest BCUT2D eigenvalue weighted by atomic mass is 10.0. The summed E-state index contributed by atoms with van der Waals surface area (Å²) in [5.74, 6) is 0. The van der Waals surface area contributed by atoms with E-state index >= 15 is 0 Å². The first-order valence-electron chi connectivity index (χ1n) is 5.30. The molecule has 82 valence electrons. The van der Waals surface area contributed by atoms with Crippen molar-refractivity contribution in [3.8, 4) is 0 Å². The number of hydrogen-bond donors (Lipinski definition) is 2. The van der Waals surface area contributed by atoms with Crippen molar-refractivity contribution in [2.75, 3.05) is 5.32 Å². The lowest BCUT2D eigenvalue weighted by molar-refractivity contribution is 0.259. The highest BCUT2D eigenvalue weighted by atomic mass is 16.2. The van der Waals surface area contributed by atoms with Gasteiger partial charge in [0.05, 0.1) is 0 Å². The average molecular weight is 206 g/mol. The molecule has 3 nitrogen and oxygen atoms in total. The molecule has 0 radical (unpaired) electrons. The average Bonchev–Trinajstić information content (AvgIpc) is 2.19. The van der Waals surface area contributed by atoms with E-state index in [0.29, 0.717) is 0 Å². The van der Waals surface area contributed by atoms with Gasteiger partial charge in [-0.25, -0.2) is 4.79 Å². The first-order chi connectivity index (χ1) is 7.15. The van der Waals surface area contributed by atoms with E-state index in [9.17, 15) is 4.79 Å². The molecule has 0 atom stereocenters. The van der Waals surface area contributed by atoms with Gasteiger partial charge in [0.15, 0.2) is 0 Å². The molecule has 1 aromatic carbocycles. The summed E-state index contributed by atoms with van der Waals surface area (Å²) in [7, 11) is 0. The summed E-state index contributed by atoms with van der Waals surface area (Å²) >= 11 is 0. The standard InChI is InChI=1S/C12H18N2O/c1-3-4-6-10-7-5-8-11(9(10)2)14-12(13)15/h5,7-8H,3-4,6H2,1-2H3,(H3,13,14,15). The van der Waals surface area contributed by atoms with Crippen LogP contribution >= 0.6 is 0 Å². The Labute approximate surface area is 90.7 Å². The van der Waals surface area contributed by atoms with Crippen LogP contribution in [0, 0.1) is 6.92 Å². The number of aryl methyl sites for hydroxylation is 1. The minimum atomic E-state index is -0.509. The van der Waals surface area contributed by atoms with Gasteiger partial charge >= 0.3 is 6.03 Å². The zero-order valence-electron chi connectivity index (χ0n) is 9.34. The summed E-state index contributed by atoms with van der Waals surface area (Å²) < 4.78 is 0. The van der Waals surface area contributed by atoms with Crippen molar-refractivity contribution in [2.45, 2.75) is 33.1 Å². The molecular weight excluding hydrogens is 188 g/mol. The van der Waals surface area contributed by atoms with Gasteiger partial charge in [-0.3, -0.25) is 0 Å². The van der Waals surface area contributed by atoms with Crippen LogP contribution in [0.25, 0.3) is 0 Å². The fraction of sp³-hybridized carbons (Fsp3) is 0.417. The van der Waals surface area contributed by atoms with Gasteiger partial charge in [0.25, 0.3) is 0 Å². The number of nitrogens with two attached hydrogens (primary N) is 1. The molecule has 0 aliphatic heterocycles. The quantitative estimate of drug-likeness (QED) is 0.782. The summed E-state index contributed by atoms with van der Waals surface area (Å²) in [6.45, 7) is 4.18. The zero-order chi connectivity index (χ0) is 11.3. The normalized spacial score (nSPS) is 10.0. The van der Waals surface area contributed by atoms with Crippen LogP contribution in [0.1, 0.15) is 30.9 Å². The highest BCUT2D eigenvalue weighted by Crippen LogP contribution is 2.20. The van der Waals surface area contributed by atoms with Crippen LogP contribution in [0.2, 0.25) is 0 Å². The second-order valence-corrected chi connectivity index (χ2v) is 3.68. The Morgan fingerprint density at radius 3 is 2.80 bits per heavy atom. The molecule has 15 heavy (non-hydrogen) atoms. The van der Waals surface area contributed by atoms with Gasteiger partial charge in [-0.2, -0.15) is 0 Å². The monoisotopic (exact) mass is 206 g/mol. The molecule has 1 rings (SSSR count). The Kier molecular flexibility index (Phi) is 4.16. The molecule has 0 fully saturated rings. The minimum Gasteiger partial charge on any atom is -0.351 e. The number of hydrogen-bond acceptors (Lipinski definition) is 1. The topological polar surface area (TPSA) is 55.1 Å². The summed E-state index contributed by atoms with van der Waals surface area (Å²) in [5.41, 5.74) is 8.31.